The van der Waals surface area contributed by atoms with Crippen molar-refractivity contribution in [3.8, 4) is 11.5 Å². The van der Waals surface area contributed by atoms with Crippen molar-refractivity contribution in [1.29, 1.82) is 0 Å². The molecule has 0 amide bonds. The van der Waals surface area contributed by atoms with Crippen LogP contribution in [0.3, 0.4) is 0 Å². The molecule has 0 aliphatic carbocycles. The Morgan fingerprint density at radius 3 is 2.69 bits per heavy atom. The molecule has 0 bridgehead atoms. The number of Topliss-reactive ketones (excluding diaryl/α,β-unsaturated/α-hetero) is 1. The molecule has 1 N–H and O–H groups in total. The van der Waals surface area contributed by atoms with Gasteiger partial charge in [-0.15, -0.1) is 10.2 Å². The topological polar surface area (TPSA) is 71.8 Å². The summed E-state index contributed by atoms with van der Waals surface area (Å²) in [5.41, 5.74) is 3.68. The van der Waals surface area contributed by atoms with Crippen molar-refractivity contribution in [2.45, 2.75) is 24.3 Å². The minimum absolute atomic E-state index is 0.0434. The molecule has 0 saturated carbocycles. The Bertz CT molecular complexity index is 1070. The summed E-state index contributed by atoms with van der Waals surface area (Å²) in [5.74, 6) is 0.488. The van der Waals surface area contributed by atoms with Gasteiger partial charge in [-0.05, 0) is 19.9 Å². The molecule has 0 saturated heterocycles. The third-order valence-corrected chi connectivity index (χ3v) is 5.14. The van der Waals surface area contributed by atoms with Crippen molar-refractivity contribution in [2.75, 3.05) is 0 Å². The second-order valence-electron chi connectivity index (χ2n) is 6.11. The Morgan fingerprint density at radius 1 is 1.12 bits per heavy atom. The van der Waals surface area contributed by atoms with Crippen molar-refractivity contribution >= 4 is 28.4 Å². The van der Waals surface area contributed by atoms with Crippen LogP contribution in [0.1, 0.15) is 22.8 Å². The molecule has 2 aromatic heterocycles. The van der Waals surface area contributed by atoms with Gasteiger partial charge in [0.15, 0.2) is 5.78 Å². The Balaban J connectivity index is 1.53. The van der Waals surface area contributed by atoms with Gasteiger partial charge in [0.25, 0.3) is 11.1 Å². The van der Waals surface area contributed by atoms with Gasteiger partial charge >= 0.3 is 0 Å². The van der Waals surface area contributed by atoms with E-state index in [9.17, 15) is 4.79 Å². The lowest BCUT2D eigenvalue weighted by Crippen LogP contribution is -2.13. The van der Waals surface area contributed by atoms with Gasteiger partial charge in [-0.25, -0.2) is 0 Å². The molecule has 2 heterocycles. The molecule has 2 aromatic carbocycles. The Hall–Kier alpha value is -2.86. The molecule has 1 atom stereocenters. The molecule has 5 nitrogen and oxygen atoms in total. The van der Waals surface area contributed by atoms with Gasteiger partial charge in [-0.1, -0.05) is 59.8 Å². The number of ketones is 1. The minimum Gasteiger partial charge on any atom is -0.411 e. The molecule has 0 spiro atoms. The fourth-order valence-corrected chi connectivity index (χ4v) is 3.53. The monoisotopic (exact) mass is 363 g/mol. The van der Waals surface area contributed by atoms with E-state index in [1.165, 1.54) is 11.8 Å². The first-order chi connectivity index (χ1) is 12.6. The Morgan fingerprint density at radius 2 is 1.88 bits per heavy atom. The van der Waals surface area contributed by atoms with E-state index in [1.54, 1.807) is 0 Å². The van der Waals surface area contributed by atoms with E-state index in [1.807, 2.05) is 68.6 Å². The summed E-state index contributed by atoms with van der Waals surface area (Å²) < 4.78 is 5.78. The molecule has 0 fully saturated rings. The number of nitrogens with zero attached hydrogens (tertiary/aromatic N) is 2. The number of nitrogens with one attached hydrogen (secondary N) is 1. The van der Waals surface area contributed by atoms with Crippen molar-refractivity contribution < 1.29 is 9.21 Å². The lowest BCUT2D eigenvalue weighted by atomic mass is 10.1. The zero-order valence-corrected chi connectivity index (χ0v) is 15.2. The first kappa shape index (κ1) is 16.6. The number of hydrogen-bond donors (Lipinski definition) is 1. The number of fused-ring (bicyclic) bond motifs is 1. The number of hydrogen-bond acceptors (Lipinski definition) is 5. The van der Waals surface area contributed by atoms with Crippen LogP contribution in [-0.4, -0.2) is 26.2 Å². The van der Waals surface area contributed by atoms with E-state index in [0.29, 0.717) is 16.7 Å². The molecular formula is C20H17N3O2S. The minimum atomic E-state index is -0.311. The van der Waals surface area contributed by atoms with Crippen LogP contribution >= 0.6 is 11.8 Å². The summed E-state index contributed by atoms with van der Waals surface area (Å²) in [6.45, 7) is 3.85. The summed E-state index contributed by atoms with van der Waals surface area (Å²) in [6, 6.07) is 15.5. The van der Waals surface area contributed by atoms with Crippen LogP contribution in [0.2, 0.25) is 0 Å². The summed E-state index contributed by atoms with van der Waals surface area (Å²) >= 11 is 1.27. The third kappa shape index (κ3) is 3.15. The van der Waals surface area contributed by atoms with E-state index >= 15 is 0 Å². The molecule has 4 aromatic rings. The van der Waals surface area contributed by atoms with Crippen molar-refractivity contribution in [1.82, 2.24) is 15.2 Å². The second-order valence-corrected chi connectivity index (χ2v) is 7.40. The van der Waals surface area contributed by atoms with E-state index in [2.05, 4.69) is 15.2 Å². The Kier molecular flexibility index (Phi) is 4.34. The summed E-state index contributed by atoms with van der Waals surface area (Å²) in [7, 11) is 0. The second kappa shape index (κ2) is 6.80. The number of H-pyrrole nitrogens is 1. The first-order valence-electron chi connectivity index (χ1n) is 8.29. The van der Waals surface area contributed by atoms with Crippen molar-refractivity contribution in [2.24, 2.45) is 0 Å². The van der Waals surface area contributed by atoms with Crippen LogP contribution in [0.15, 0.2) is 64.4 Å². The average Bonchev–Trinajstić information content (AvgIpc) is 3.28. The third-order valence-electron chi connectivity index (χ3n) is 4.21. The van der Waals surface area contributed by atoms with Gasteiger partial charge in [0.1, 0.15) is 0 Å². The van der Waals surface area contributed by atoms with Crippen LogP contribution in [0.4, 0.5) is 0 Å². The van der Waals surface area contributed by atoms with Gasteiger partial charge in [-0.2, -0.15) is 0 Å². The fraction of sp³-hybridized carbons (Fsp3) is 0.150. The highest BCUT2D eigenvalue weighted by Gasteiger charge is 2.20. The number of aromatic amines is 1. The highest BCUT2D eigenvalue weighted by Crippen LogP contribution is 2.31. The quantitative estimate of drug-likeness (QED) is 0.404. The van der Waals surface area contributed by atoms with Crippen LogP contribution in [0, 0.1) is 6.92 Å². The van der Waals surface area contributed by atoms with E-state index < -0.39 is 0 Å². The van der Waals surface area contributed by atoms with Gasteiger partial charge in [0.2, 0.25) is 0 Å². The SMILES string of the molecule is Cc1ccc(C(=O)C(C)Sc2nnc(-c3c[nH]c4ccccc34)o2)cc1. The van der Waals surface area contributed by atoms with Gasteiger partial charge < -0.3 is 9.40 Å². The zero-order chi connectivity index (χ0) is 18.1. The highest BCUT2D eigenvalue weighted by molar-refractivity contribution is 8.00. The molecule has 130 valence electrons. The predicted molar refractivity (Wildman–Crippen MR) is 102 cm³/mol. The average molecular weight is 363 g/mol. The fourth-order valence-electron chi connectivity index (χ4n) is 2.77. The maximum absolute atomic E-state index is 12.6. The lowest BCUT2D eigenvalue weighted by molar-refractivity contribution is 0.0993. The first-order valence-corrected chi connectivity index (χ1v) is 9.17. The van der Waals surface area contributed by atoms with E-state index in [0.717, 1.165) is 22.0 Å². The number of thioether (sulfide) groups is 1. The summed E-state index contributed by atoms with van der Waals surface area (Å²) in [6.07, 6.45) is 1.85. The number of aryl methyl sites for hydroxylation is 1. The van der Waals surface area contributed by atoms with E-state index in [-0.39, 0.29) is 11.0 Å². The standard InChI is InChI=1S/C20H17N3O2S/c1-12-7-9-14(10-8-12)18(24)13(2)26-20-23-22-19(25-20)16-11-21-17-6-4-3-5-15(16)17/h3-11,13,21H,1-2H3. The normalized spacial score (nSPS) is 12.4. The van der Waals surface area contributed by atoms with Crippen LogP contribution < -0.4 is 0 Å². The maximum atomic E-state index is 12.6. The van der Waals surface area contributed by atoms with Gasteiger partial charge in [0.05, 0.1) is 10.8 Å². The number of carbonyl (C=O) groups is 1. The van der Waals surface area contributed by atoms with Crippen molar-refractivity contribution in [3.05, 3.63) is 65.9 Å². The molecular weight excluding hydrogens is 346 g/mol. The summed E-state index contributed by atoms with van der Waals surface area (Å²) in [5, 5.41) is 9.33. The van der Waals surface area contributed by atoms with Gasteiger partial charge in [0, 0.05) is 22.7 Å². The summed E-state index contributed by atoms with van der Waals surface area (Å²) in [4.78, 5) is 15.7. The number of benzene rings is 2. The van der Waals surface area contributed by atoms with Gasteiger partial charge in [-0.3, -0.25) is 4.79 Å². The lowest BCUT2D eigenvalue weighted by Gasteiger charge is -2.07. The van der Waals surface area contributed by atoms with Crippen molar-refractivity contribution in [3.63, 3.8) is 0 Å². The van der Waals surface area contributed by atoms with Crippen LogP contribution in [-0.2, 0) is 0 Å². The molecule has 0 radical (unpaired) electrons. The van der Waals surface area contributed by atoms with Crippen LogP contribution in [0.25, 0.3) is 22.4 Å². The molecule has 0 aliphatic heterocycles. The van der Waals surface area contributed by atoms with E-state index in [4.69, 9.17) is 4.42 Å². The number of carbonyl (C=O) groups excluding carboxylic acids is 1. The smallest absolute Gasteiger partial charge is 0.277 e. The number of rotatable bonds is 5. The Labute approximate surface area is 154 Å². The molecule has 1 unspecified atom stereocenters. The predicted octanol–water partition coefficient (Wildman–Crippen LogP) is 4.89. The molecule has 4 rings (SSSR count). The number of para-hydroxylation sites is 1. The van der Waals surface area contributed by atoms with Crippen LogP contribution in [0.5, 0.6) is 0 Å². The highest BCUT2D eigenvalue weighted by atomic mass is 32.2. The maximum Gasteiger partial charge on any atom is 0.277 e. The number of aromatic nitrogens is 3. The molecule has 26 heavy (non-hydrogen) atoms. The zero-order valence-electron chi connectivity index (χ0n) is 14.4. The largest absolute Gasteiger partial charge is 0.411 e. The molecule has 6 heteroatoms. The molecule has 0 aliphatic rings.